The molecule has 0 saturated carbocycles. The number of furan rings is 1. The first-order chi connectivity index (χ1) is 12.5. The second-order valence-electron chi connectivity index (χ2n) is 6.50. The van der Waals surface area contributed by atoms with Gasteiger partial charge in [0, 0.05) is 31.6 Å². The Morgan fingerprint density at radius 3 is 2.38 bits per heavy atom. The van der Waals surface area contributed by atoms with E-state index in [1.54, 1.807) is 17.0 Å². The maximum atomic E-state index is 12.6. The number of likely N-dealkylation sites (N-methyl/N-ethyl adjacent to an activating group) is 1. The summed E-state index contributed by atoms with van der Waals surface area (Å²) in [7, 11) is 3.94. The normalized spacial score (nSPS) is 10.8. The first-order valence-electron chi connectivity index (χ1n) is 8.77. The summed E-state index contributed by atoms with van der Waals surface area (Å²) in [4.78, 5) is 28.4. The molecule has 2 rings (SSSR count). The molecule has 2 amide bonds. The minimum Gasteiger partial charge on any atom is -0.464 e. The van der Waals surface area contributed by atoms with Gasteiger partial charge < -0.3 is 19.5 Å². The SMILES string of the molecule is Cc1ccc(CN(CCN(C)C)C(=O)CCNC(=O)c2ccccc2)o1. The molecule has 0 atom stereocenters. The number of carbonyl (C=O) groups excluding carboxylic acids is 2. The van der Waals surface area contributed by atoms with E-state index in [2.05, 4.69) is 5.32 Å². The summed E-state index contributed by atoms with van der Waals surface area (Å²) < 4.78 is 5.59. The van der Waals surface area contributed by atoms with E-state index in [9.17, 15) is 9.59 Å². The molecule has 0 radical (unpaired) electrons. The summed E-state index contributed by atoms with van der Waals surface area (Å²) in [6.45, 7) is 4.00. The van der Waals surface area contributed by atoms with Crippen LogP contribution in [0.5, 0.6) is 0 Å². The zero-order chi connectivity index (χ0) is 18.9. The highest BCUT2D eigenvalue weighted by Gasteiger charge is 2.16. The third-order valence-electron chi connectivity index (χ3n) is 3.97. The fourth-order valence-corrected chi connectivity index (χ4v) is 2.50. The van der Waals surface area contributed by atoms with E-state index in [-0.39, 0.29) is 18.2 Å². The van der Waals surface area contributed by atoms with Gasteiger partial charge in [0.25, 0.3) is 5.91 Å². The summed E-state index contributed by atoms with van der Waals surface area (Å²) in [5.41, 5.74) is 0.593. The van der Waals surface area contributed by atoms with Crippen LogP contribution in [0.15, 0.2) is 46.9 Å². The molecule has 0 bridgehead atoms. The molecule has 0 spiro atoms. The van der Waals surface area contributed by atoms with E-state index in [0.717, 1.165) is 18.1 Å². The number of nitrogens with zero attached hydrogens (tertiary/aromatic N) is 2. The molecule has 0 aliphatic heterocycles. The summed E-state index contributed by atoms with van der Waals surface area (Å²) in [5, 5.41) is 2.80. The van der Waals surface area contributed by atoms with Gasteiger partial charge in [-0.25, -0.2) is 0 Å². The highest BCUT2D eigenvalue weighted by atomic mass is 16.3. The number of hydrogen-bond acceptors (Lipinski definition) is 4. The molecule has 1 heterocycles. The molecule has 1 aromatic carbocycles. The van der Waals surface area contributed by atoms with Gasteiger partial charge in [-0.1, -0.05) is 18.2 Å². The van der Waals surface area contributed by atoms with Crippen molar-refractivity contribution in [2.45, 2.75) is 19.9 Å². The van der Waals surface area contributed by atoms with Crippen LogP contribution in [0, 0.1) is 6.92 Å². The van der Waals surface area contributed by atoms with Crippen molar-refractivity contribution in [3.8, 4) is 0 Å². The van der Waals surface area contributed by atoms with Gasteiger partial charge in [0.2, 0.25) is 5.91 Å². The fraction of sp³-hybridized carbons (Fsp3) is 0.400. The average Bonchev–Trinajstić information content (AvgIpc) is 3.03. The standard InChI is InChI=1S/C20H27N3O3/c1-16-9-10-18(26-16)15-23(14-13-22(2)3)19(24)11-12-21-20(25)17-7-5-4-6-8-17/h4-10H,11-15H2,1-3H3,(H,21,25). The minimum absolute atomic E-state index is 0.00531. The zero-order valence-electron chi connectivity index (χ0n) is 15.7. The Kier molecular flexibility index (Phi) is 7.41. The van der Waals surface area contributed by atoms with Gasteiger partial charge in [-0.05, 0) is 45.3 Å². The number of hydrogen-bond donors (Lipinski definition) is 1. The Hall–Kier alpha value is -2.60. The Balaban J connectivity index is 1.87. The molecule has 6 nitrogen and oxygen atoms in total. The van der Waals surface area contributed by atoms with Crippen LogP contribution in [-0.2, 0) is 11.3 Å². The van der Waals surface area contributed by atoms with E-state index in [1.165, 1.54) is 0 Å². The Morgan fingerprint density at radius 1 is 1.04 bits per heavy atom. The van der Waals surface area contributed by atoms with Gasteiger partial charge in [0.1, 0.15) is 11.5 Å². The van der Waals surface area contributed by atoms with Crippen LogP contribution in [0.4, 0.5) is 0 Å². The van der Waals surface area contributed by atoms with Crippen LogP contribution in [0.1, 0.15) is 28.3 Å². The largest absolute Gasteiger partial charge is 0.464 e. The molecule has 1 N–H and O–H groups in total. The number of benzene rings is 1. The fourth-order valence-electron chi connectivity index (χ4n) is 2.50. The molecule has 0 saturated heterocycles. The van der Waals surface area contributed by atoms with Crippen LogP contribution in [0.25, 0.3) is 0 Å². The number of nitrogens with one attached hydrogen (secondary N) is 1. The number of carbonyl (C=O) groups is 2. The van der Waals surface area contributed by atoms with Crippen LogP contribution in [0.2, 0.25) is 0 Å². The predicted octanol–water partition coefficient (Wildman–Crippen LogP) is 2.30. The Labute approximate surface area is 154 Å². The smallest absolute Gasteiger partial charge is 0.251 e. The van der Waals surface area contributed by atoms with E-state index >= 15 is 0 Å². The summed E-state index contributed by atoms with van der Waals surface area (Å²) in [5.74, 6) is 1.42. The van der Waals surface area contributed by atoms with Gasteiger partial charge in [-0.15, -0.1) is 0 Å². The van der Waals surface area contributed by atoms with Crippen molar-refractivity contribution in [3.63, 3.8) is 0 Å². The topological polar surface area (TPSA) is 65.8 Å². The number of aryl methyl sites for hydroxylation is 1. The predicted molar refractivity (Wildman–Crippen MR) is 101 cm³/mol. The van der Waals surface area contributed by atoms with Gasteiger partial charge in [0.15, 0.2) is 0 Å². The van der Waals surface area contributed by atoms with Crippen molar-refractivity contribution in [3.05, 3.63) is 59.5 Å². The first kappa shape index (κ1) is 19.7. The molecule has 0 unspecified atom stereocenters. The van der Waals surface area contributed by atoms with Crippen molar-refractivity contribution in [1.82, 2.24) is 15.1 Å². The Bertz CT molecular complexity index is 710. The lowest BCUT2D eigenvalue weighted by molar-refractivity contribution is -0.132. The van der Waals surface area contributed by atoms with Crippen LogP contribution < -0.4 is 5.32 Å². The van der Waals surface area contributed by atoms with E-state index < -0.39 is 0 Å². The molecule has 0 aliphatic rings. The van der Waals surface area contributed by atoms with Crippen LogP contribution in [-0.4, -0.2) is 55.3 Å². The van der Waals surface area contributed by atoms with Crippen molar-refractivity contribution >= 4 is 11.8 Å². The average molecular weight is 357 g/mol. The third kappa shape index (κ3) is 6.37. The second-order valence-corrected chi connectivity index (χ2v) is 6.50. The summed E-state index contributed by atoms with van der Waals surface area (Å²) in [6.07, 6.45) is 0.256. The van der Waals surface area contributed by atoms with Gasteiger partial charge in [-0.3, -0.25) is 9.59 Å². The first-order valence-corrected chi connectivity index (χ1v) is 8.77. The molecule has 140 valence electrons. The lowest BCUT2D eigenvalue weighted by Gasteiger charge is -2.23. The highest BCUT2D eigenvalue weighted by molar-refractivity contribution is 5.94. The molecule has 0 fully saturated rings. The lowest BCUT2D eigenvalue weighted by Crippen LogP contribution is -2.38. The monoisotopic (exact) mass is 357 g/mol. The molecular formula is C20H27N3O3. The second kappa shape index (κ2) is 9.77. The minimum atomic E-state index is -0.167. The summed E-state index contributed by atoms with van der Waals surface area (Å²) in [6, 6.07) is 12.8. The third-order valence-corrected chi connectivity index (χ3v) is 3.97. The lowest BCUT2D eigenvalue weighted by atomic mass is 10.2. The van der Waals surface area contributed by atoms with Crippen LogP contribution in [0.3, 0.4) is 0 Å². The molecule has 26 heavy (non-hydrogen) atoms. The van der Waals surface area contributed by atoms with Crippen molar-refractivity contribution < 1.29 is 14.0 Å². The van der Waals surface area contributed by atoms with E-state index in [1.807, 2.05) is 56.3 Å². The van der Waals surface area contributed by atoms with Crippen molar-refractivity contribution in [2.75, 3.05) is 33.7 Å². The maximum Gasteiger partial charge on any atom is 0.251 e. The maximum absolute atomic E-state index is 12.6. The van der Waals surface area contributed by atoms with Crippen LogP contribution >= 0.6 is 0 Å². The van der Waals surface area contributed by atoms with E-state index in [4.69, 9.17) is 4.42 Å². The van der Waals surface area contributed by atoms with Gasteiger partial charge in [-0.2, -0.15) is 0 Å². The Morgan fingerprint density at radius 2 is 1.77 bits per heavy atom. The molecular weight excluding hydrogens is 330 g/mol. The number of amides is 2. The van der Waals surface area contributed by atoms with E-state index in [0.29, 0.717) is 25.2 Å². The molecule has 1 aromatic heterocycles. The molecule has 0 aliphatic carbocycles. The zero-order valence-corrected chi connectivity index (χ0v) is 15.7. The highest BCUT2D eigenvalue weighted by Crippen LogP contribution is 2.10. The van der Waals surface area contributed by atoms with Gasteiger partial charge >= 0.3 is 0 Å². The quantitative estimate of drug-likeness (QED) is 0.748. The number of rotatable bonds is 9. The summed E-state index contributed by atoms with van der Waals surface area (Å²) >= 11 is 0. The van der Waals surface area contributed by atoms with Gasteiger partial charge in [0.05, 0.1) is 6.54 Å². The van der Waals surface area contributed by atoms with Crippen molar-refractivity contribution in [1.29, 1.82) is 0 Å². The molecule has 2 aromatic rings. The molecule has 6 heteroatoms. The van der Waals surface area contributed by atoms with Crippen molar-refractivity contribution in [2.24, 2.45) is 0 Å².